The molecule has 23 heavy (non-hydrogen) atoms. The second kappa shape index (κ2) is 6.38. The first-order valence-electron chi connectivity index (χ1n) is 9.41. The highest BCUT2D eigenvalue weighted by atomic mass is 16.4. The quantitative estimate of drug-likeness (QED) is 0.842. The lowest BCUT2D eigenvalue weighted by Crippen LogP contribution is -2.57. The molecule has 0 bridgehead atoms. The van der Waals surface area contributed by atoms with Gasteiger partial charge in [0.05, 0.1) is 5.60 Å². The number of carbonyl (C=O) groups excluding carboxylic acids is 1. The first-order chi connectivity index (χ1) is 10.5. The standard InChI is InChI=1S/C20H36O3/c1-14(13-17(21)22)7-8-16-19(4)11-6-10-18(2,3)15(19)9-12-20(16,5)23/h14-16,23H,6-13H2,1-5H3,(H,21,22)/p-1/t14-,15+,16-,19-,20-/m1/s1. The number of carboxylic acid groups (broad SMARTS) is 1. The van der Waals surface area contributed by atoms with Crippen molar-refractivity contribution in [2.45, 2.75) is 91.6 Å². The summed E-state index contributed by atoms with van der Waals surface area (Å²) in [7, 11) is 0. The highest BCUT2D eigenvalue weighted by Gasteiger charge is 2.57. The van der Waals surface area contributed by atoms with E-state index in [9.17, 15) is 15.0 Å². The number of aliphatic carboxylic acids is 1. The highest BCUT2D eigenvalue weighted by Crippen LogP contribution is 2.63. The molecule has 0 heterocycles. The van der Waals surface area contributed by atoms with Crippen LogP contribution in [-0.2, 0) is 4.79 Å². The number of hydrogen-bond acceptors (Lipinski definition) is 3. The average Bonchev–Trinajstić information content (AvgIpc) is 2.34. The van der Waals surface area contributed by atoms with Crippen molar-refractivity contribution in [2.24, 2.45) is 28.6 Å². The van der Waals surface area contributed by atoms with Crippen molar-refractivity contribution in [3.8, 4) is 0 Å². The third kappa shape index (κ3) is 3.75. The molecule has 3 nitrogen and oxygen atoms in total. The molecule has 0 spiro atoms. The van der Waals surface area contributed by atoms with Crippen LogP contribution in [0.1, 0.15) is 86.0 Å². The molecule has 2 aliphatic carbocycles. The molecule has 5 atom stereocenters. The minimum atomic E-state index is -0.962. The third-order valence-electron chi connectivity index (χ3n) is 7.23. The van der Waals surface area contributed by atoms with E-state index in [2.05, 4.69) is 20.8 Å². The molecule has 0 aromatic rings. The Morgan fingerprint density at radius 3 is 2.48 bits per heavy atom. The average molecular weight is 323 g/mol. The Morgan fingerprint density at radius 1 is 1.22 bits per heavy atom. The monoisotopic (exact) mass is 323 g/mol. The predicted molar refractivity (Wildman–Crippen MR) is 90.6 cm³/mol. The van der Waals surface area contributed by atoms with Gasteiger partial charge in [-0.25, -0.2) is 0 Å². The van der Waals surface area contributed by atoms with Crippen LogP contribution in [0.5, 0.6) is 0 Å². The fraction of sp³-hybridized carbons (Fsp3) is 0.950. The fourth-order valence-electron chi connectivity index (χ4n) is 6.10. The van der Waals surface area contributed by atoms with E-state index in [4.69, 9.17) is 0 Å². The van der Waals surface area contributed by atoms with Crippen LogP contribution in [0, 0.1) is 28.6 Å². The van der Waals surface area contributed by atoms with Gasteiger partial charge in [-0.2, -0.15) is 0 Å². The Morgan fingerprint density at radius 2 is 1.87 bits per heavy atom. The van der Waals surface area contributed by atoms with Crippen LogP contribution in [-0.4, -0.2) is 16.7 Å². The lowest BCUT2D eigenvalue weighted by Gasteiger charge is -2.61. The summed E-state index contributed by atoms with van der Waals surface area (Å²) in [6.45, 7) is 11.2. The minimum absolute atomic E-state index is 0.122. The molecule has 2 aliphatic rings. The van der Waals surface area contributed by atoms with Crippen LogP contribution in [0.4, 0.5) is 0 Å². The summed E-state index contributed by atoms with van der Waals surface area (Å²) in [6.07, 6.45) is 7.60. The van der Waals surface area contributed by atoms with Crippen LogP contribution in [0.2, 0.25) is 0 Å². The van der Waals surface area contributed by atoms with Gasteiger partial charge >= 0.3 is 0 Å². The molecule has 0 aromatic heterocycles. The zero-order chi connectivity index (χ0) is 17.5. The lowest BCUT2D eigenvalue weighted by molar-refractivity contribution is -0.306. The summed E-state index contributed by atoms with van der Waals surface area (Å²) in [5, 5.41) is 21.9. The van der Waals surface area contributed by atoms with Crippen molar-refractivity contribution in [1.29, 1.82) is 0 Å². The van der Waals surface area contributed by atoms with Gasteiger partial charge in [0.2, 0.25) is 0 Å². The molecule has 134 valence electrons. The SMILES string of the molecule is C[C@H](CC[C@@H]1[C@]2(C)CCCC(C)(C)[C@@H]2CC[C@@]1(C)O)CC(=O)[O-]. The number of aliphatic hydroxyl groups is 1. The van der Waals surface area contributed by atoms with Crippen LogP contribution < -0.4 is 5.11 Å². The highest BCUT2D eigenvalue weighted by molar-refractivity contribution is 5.64. The van der Waals surface area contributed by atoms with Gasteiger partial charge in [-0.05, 0) is 80.5 Å². The second-order valence-electron chi connectivity index (χ2n) is 9.61. The van der Waals surface area contributed by atoms with E-state index in [1.165, 1.54) is 19.3 Å². The second-order valence-corrected chi connectivity index (χ2v) is 9.61. The maximum atomic E-state index is 11.1. The summed E-state index contributed by atoms with van der Waals surface area (Å²) in [5.74, 6) is 0.0788. The number of carboxylic acids is 1. The summed E-state index contributed by atoms with van der Waals surface area (Å²) in [5.41, 5.74) is -0.108. The van der Waals surface area contributed by atoms with Crippen LogP contribution in [0.25, 0.3) is 0 Å². The van der Waals surface area contributed by atoms with Gasteiger partial charge in [0, 0.05) is 5.97 Å². The summed E-state index contributed by atoms with van der Waals surface area (Å²) in [6, 6.07) is 0. The Balaban J connectivity index is 2.17. The van der Waals surface area contributed by atoms with E-state index in [0.29, 0.717) is 11.3 Å². The van der Waals surface area contributed by atoms with Gasteiger partial charge < -0.3 is 15.0 Å². The van der Waals surface area contributed by atoms with Gasteiger partial charge in [0.15, 0.2) is 0 Å². The minimum Gasteiger partial charge on any atom is -0.550 e. The van der Waals surface area contributed by atoms with E-state index < -0.39 is 11.6 Å². The molecule has 0 aromatic carbocycles. The Hall–Kier alpha value is -0.570. The van der Waals surface area contributed by atoms with Crippen LogP contribution >= 0.6 is 0 Å². The smallest absolute Gasteiger partial charge is 0.0653 e. The zero-order valence-corrected chi connectivity index (χ0v) is 15.7. The molecule has 2 fully saturated rings. The van der Waals surface area contributed by atoms with Gasteiger partial charge in [-0.3, -0.25) is 0 Å². The van der Waals surface area contributed by atoms with Crippen molar-refractivity contribution >= 4 is 5.97 Å². The topological polar surface area (TPSA) is 60.4 Å². The van der Waals surface area contributed by atoms with Crippen molar-refractivity contribution < 1.29 is 15.0 Å². The Kier molecular flexibility index (Phi) is 5.21. The maximum Gasteiger partial charge on any atom is 0.0653 e. The molecule has 3 heteroatoms. The third-order valence-corrected chi connectivity index (χ3v) is 7.23. The number of rotatable bonds is 5. The molecule has 2 saturated carbocycles. The molecular formula is C20H35O3-. The normalized spacial score (nSPS) is 41.1. The molecule has 2 rings (SSSR count). The zero-order valence-electron chi connectivity index (χ0n) is 15.7. The van der Waals surface area contributed by atoms with Crippen LogP contribution in [0.15, 0.2) is 0 Å². The molecule has 0 saturated heterocycles. The van der Waals surface area contributed by atoms with Crippen molar-refractivity contribution in [1.82, 2.24) is 0 Å². The maximum absolute atomic E-state index is 11.1. The Bertz CT molecular complexity index is 440. The van der Waals surface area contributed by atoms with Crippen molar-refractivity contribution in [2.75, 3.05) is 0 Å². The van der Waals surface area contributed by atoms with E-state index in [1.807, 2.05) is 13.8 Å². The van der Waals surface area contributed by atoms with Crippen LogP contribution in [0.3, 0.4) is 0 Å². The summed E-state index contributed by atoms with van der Waals surface area (Å²) >= 11 is 0. The molecule has 0 amide bonds. The van der Waals surface area contributed by atoms with Crippen molar-refractivity contribution in [3.05, 3.63) is 0 Å². The summed E-state index contributed by atoms with van der Waals surface area (Å²) in [4.78, 5) is 10.8. The molecule has 0 unspecified atom stereocenters. The first kappa shape index (κ1) is 18.8. The number of carbonyl (C=O) groups is 1. The van der Waals surface area contributed by atoms with E-state index >= 15 is 0 Å². The lowest BCUT2D eigenvalue weighted by atomic mass is 9.45. The van der Waals surface area contributed by atoms with Gasteiger partial charge in [-0.1, -0.05) is 34.1 Å². The fourth-order valence-corrected chi connectivity index (χ4v) is 6.10. The van der Waals surface area contributed by atoms with E-state index in [-0.39, 0.29) is 23.7 Å². The molecule has 0 radical (unpaired) electrons. The summed E-state index contributed by atoms with van der Waals surface area (Å²) < 4.78 is 0. The molecule has 0 aliphatic heterocycles. The van der Waals surface area contributed by atoms with E-state index in [1.54, 1.807) is 0 Å². The number of fused-ring (bicyclic) bond motifs is 1. The Labute approximate surface area is 141 Å². The van der Waals surface area contributed by atoms with E-state index in [0.717, 1.165) is 25.7 Å². The van der Waals surface area contributed by atoms with Crippen molar-refractivity contribution in [3.63, 3.8) is 0 Å². The molecular weight excluding hydrogens is 288 g/mol. The molecule has 1 N–H and O–H groups in total. The van der Waals surface area contributed by atoms with Gasteiger partial charge in [0.25, 0.3) is 0 Å². The largest absolute Gasteiger partial charge is 0.550 e. The first-order valence-corrected chi connectivity index (χ1v) is 9.41. The predicted octanol–water partition coefficient (Wildman–Crippen LogP) is 3.54. The van der Waals surface area contributed by atoms with Gasteiger partial charge in [-0.15, -0.1) is 0 Å². The van der Waals surface area contributed by atoms with Gasteiger partial charge in [0.1, 0.15) is 0 Å². The number of hydrogen-bond donors (Lipinski definition) is 1.